The van der Waals surface area contributed by atoms with Crippen molar-refractivity contribution in [1.82, 2.24) is 10.2 Å². The molecular formula is C13H18N4O3. The second-order valence-corrected chi connectivity index (χ2v) is 5.12. The van der Waals surface area contributed by atoms with Gasteiger partial charge in [0.1, 0.15) is 5.69 Å². The Hall–Kier alpha value is -2.15. The fourth-order valence-electron chi connectivity index (χ4n) is 2.44. The maximum absolute atomic E-state index is 12.1. The van der Waals surface area contributed by atoms with Crippen LogP contribution in [0, 0.1) is 16.0 Å². The van der Waals surface area contributed by atoms with Crippen molar-refractivity contribution in [2.24, 2.45) is 5.92 Å². The van der Waals surface area contributed by atoms with E-state index < -0.39 is 4.92 Å². The van der Waals surface area contributed by atoms with E-state index in [0.717, 1.165) is 19.5 Å². The van der Waals surface area contributed by atoms with Gasteiger partial charge < -0.3 is 16.0 Å². The Labute approximate surface area is 116 Å². The molecule has 7 heteroatoms. The average Bonchev–Trinajstić information content (AvgIpc) is 2.81. The molecule has 1 aromatic rings. The molecule has 1 heterocycles. The van der Waals surface area contributed by atoms with Crippen molar-refractivity contribution in [2.45, 2.75) is 6.42 Å². The third-order valence-electron chi connectivity index (χ3n) is 3.56. The number of carbonyl (C=O) groups is 1. The summed E-state index contributed by atoms with van der Waals surface area (Å²) in [6, 6.07) is 4.25. The number of hydrogen-bond acceptors (Lipinski definition) is 5. The van der Waals surface area contributed by atoms with Crippen LogP contribution in [0.5, 0.6) is 0 Å². The number of anilines is 1. The molecule has 0 aliphatic carbocycles. The zero-order chi connectivity index (χ0) is 14.7. The molecule has 2 rings (SSSR count). The molecule has 1 aliphatic rings. The SMILES string of the molecule is CN1CCC(CNC(=O)c2cccc([N+](=O)[O-])c2N)C1. The number of nitro groups is 1. The Balaban J connectivity index is 2.02. The number of nitrogens with zero attached hydrogens (tertiary/aromatic N) is 2. The Morgan fingerprint density at radius 1 is 1.60 bits per heavy atom. The molecule has 20 heavy (non-hydrogen) atoms. The summed E-state index contributed by atoms with van der Waals surface area (Å²) in [5.41, 5.74) is 5.52. The smallest absolute Gasteiger partial charge is 0.292 e. The topological polar surface area (TPSA) is 102 Å². The summed E-state index contributed by atoms with van der Waals surface area (Å²) in [4.78, 5) is 24.5. The van der Waals surface area contributed by atoms with E-state index in [1.54, 1.807) is 0 Å². The molecule has 0 saturated carbocycles. The standard InChI is InChI=1S/C13H18N4O3/c1-16-6-5-9(8-16)7-15-13(18)10-3-2-4-11(12(10)14)17(19)20/h2-4,9H,5-8,14H2,1H3,(H,15,18). The average molecular weight is 278 g/mol. The molecule has 1 saturated heterocycles. The first-order valence-electron chi connectivity index (χ1n) is 6.48. The number of nitrogens with one attached hydrogen (secondary N) is 1. The summed E-state index contributed by atoms with van der Waals surface area (Å²) in [6.45, 7) is 2.54. The van der Waals surface area contributed by atoms with Crippen LogP contribution in [0.15, 0.2) is 18.2 Å². The Kier molecular flexibility index (Phi) is 4.19. The number of benzene rings is 1. The molecule has 7 nitrogen and oxygen atoms in total. The van der Waals surface area contributed by atoms with Gasteiger partial charge in [0.05, 0.1) is 10.5 Å². The minimum Gasteiger partial charge on any atom is -0.393 e. The predicted octanol–water partition coefficient (Wildman–Crippen LogP) is 0.858. The monoisotopic (exact) mass is 278 g/mol. The van der Waals surface area contributed by atoms with Crippen molar-refractivity contribution in [3.05, 3.63) is 33.9 Å². The summed E-state index contributed by atoms with van der Waals surface area (Å²) in [5.74, 6) is 0.0598. The number of likely N-dealkylation sites (tertiary alicyclic amines) is 1. The van der Waals surface area contributed by atoms with Crippen LogP contribution in [0.4, 0.5) is 11.4 Å². The maximum Gasteiger partial charge on any atom is 0.292 e. The highest BCUT2D eigenvalue weighted by Gasteiger charge is 2.22. The third-order valence-corrected chi connectivity index (χ3v) is 3.56. The van der Waals surface area contributed by atoms with Crippen molar-refractivity contribution in [3.8, 4) is 0 Å². The number of carbonyl (C=O) groups excluding carboxylic acids is 1. The first kappa shape index (κ1) is 14.3. The highest BCUT2D eigenvalue weighted by Crippen LogP contribution is 2.24. The Bertz CT molecular complexity index is 532. The Morgan fingerprint density at radius 2 is 2.35 bits per heavy atom. The molecule has 0 aromatic heterocycles. The lowest BCUT2D eigenvalue weighted by molar-refractivity contribution is -0.383. The molecule has 0 bridgehead atoms. The predicted molar refractivity (Wildman–Crippen MR) is 75.4 cm³/mol. The van der Waals surface area contributed by atoms with E-state index in [1.807, 2.05) is 7.05 Å². The summed E-state index contributed by atoms with van der Waals surface area (Å²) in [5, 5.41) is 13.6. The number of amides is 1. The third kappa shape index (κ3) is 3.05. The highest BCUT2D eigenvalue weighted by atomic mass is 16.6. The van der Waals surface area contributed by atoms with Crippen LogP contribution in [-0.2, 0) is 0 Å². The molecule has 1 atom stereocenters. The Morgan fingerprint density at radius 3 is 2.95 bits per heavy atom. The summed E-state index contributed by atoms with van der Waals surface area (Å²) >= 11 is 0. The van der Waals surface area contributed by atoms with E-state index in [2.05, 4.69) is 10.2 Å². The first-order valence-corrected chi connectivity index (χ1v) is 6.48. The van der Waals surface area contributed by atoms with Crippen LogP contribution < -0.4 is 11.1 Å². The number of hydrogen-bond donors (Lipinski definition) is 2. The van der Waals surface area contributed by atoms with Crippen LogP contribution in [0.3, 0.4) is 0 Å². The minimum atomic E-state index is -0.585. The van der Waals surface area contributed by atoms with Crippen LogP contribution in [-0.4, -0.2) is 42.4 Å². The first-order chi connectivity index (χ1) is 9.49. The highest BCUT2D eigenvalue weighted by molar-refractivity contribution is 6.00. The molecule has 0 spiro atoms. The number of nitrogen functional groups attached to an aromatic ring is 1. The van der Waals surface area contributed by atoms with Gasteiger partial charge in [-0.3, -0.25) is 14.9 Å². The zero-order valence-electron chi connectivity index (χ0n) is 11.3. The second-order valence-electron chi connectivity index (χ2n) is 5.12. The van der Waals surface area contributed by atoms with Crippen LogP contribution in [0.2, 0.25) is 0 Å². The van der Waals surface area contributed by atoms with Gasteiger partial charge in [0.25, 0.3) is 11.6 Å². The number of para-hydroxylation sites is 1. The van der Waals surface area contributed by atoms with Crippen molar-refractivity contribution < 1.29 is 9.72 Å². The van der Waals surface area contributed by atoms with Gasteiger partial charge in [-0.1, -0.05) is 6.07 Å². The largest absolute Gasteiger partial charge is 0.393 e. The number of nitro benzene ring substituents is 1. The van der Waals surface area contributed by atoms with Gasteiger partial charge in [-0.05, 0) is 32.0 Å². The molecule has 1 aliphatic heterocycles. The molecule has 1 fully saturated rings. The van der Waals surface area contributed by atoms with Gasteiger partial charge in [0, 0.05) is 19.2 Å². The molecule has 3 N–H and O–H groups in total. The normalized spacial score (nSPS) is 18.9. The van der Waals surface area contributed by atoms with E-state index in [0.29, 0.717) is 12.5 Å². The van der Waals surface area contributed by atoms with Crippen molar-refractivity contribution >= 4 is 17.3 Å². The lowest BCUT2D eigenvalue weighted by atomic mass is 10.1. The summed E-state index contributed by atoms with van der Waals surface area (Å²) < 4.78 is 0. The van der Waals surface area contributed by atoms with E-state index in [4.69, 9.17) is 5.73 Å². The van der Waals surface area contributed by atoms with Crippen molar-refractivity contribution in [2.75, 3.05) is 32.4 Å². The van der Waals surface area contributed by atoms with Crippen molar-refractivity contribution in [3.63, 3.8) is 0 Å². The van der Waals surface area contributed by atoms with Gasteiger partial charge >= 0.3 is 0 Å². The van der Waals surface area contributed by atoms with E-state index in [-0.39, 0.29) is 22.8 Å². The van der Waals surface area contributed by atoms with Gasteiger partial charge in [0.15, 0.2) is 0 Å². The quantitative estimate of drug-likeness (QED) is 0.483. The fourth-order valence-corrected chi connectivity index (χ4v) is 2.44. The lowest BCUT2D eigenvalue weighted by Gasteiger charge is -2.12. The molecule has 1 aromatic carbocycles. The maximum atomic E-state index is 12.1. The molecule has 1 amide bonds. The number of nitrogens with two attached hydrogens (primary N) is 1. The summed E-state index contributed by atoms with van der Waals surface area (Å²) in [7, 11) is 2.04. The van der Waals surface area contributed by atoms with Crippen LogP contribution in [0.1, 0.15) is 16.8 Å². The van der Waals surface area contributed by atoms with Gasteiger partial charge in [-0.25, -0.2) is 0 Å². The van der Waals surface area contributed by atoms with Crippen molar-refractivity contribution in [1.29, 1.82) is 0 Å². The fraction of sp³-hybridized carbons (Fsp3) is 0.462. The van der Waals surface area contributed by atoms with E-state index in [9.17, 15) is 14.9 Å². The molecule has 108 valence electrons. The van der Waals surface area contributed by atoms with Crippen LogP contribution >= 0.6 is 0 Å². The van der Waals surface area contributed by atoms with Crippen LogP contribution in [0.25, 0.3) is 0 Å². The molecule has 1 unspecified atom stereocenters. The number of rotatable bonds is 4. The van der Waals surface area contributed by atoms with Gasteiger partial charge in [-0.15, -0.1) is 0 Å². The van der Waals surface area contributed by atoms with E-state index in [1.165, 1.54) is 18.2 Å². The van der Waals surface area contributed by atoms with Gasteiger partial charge in [-0.2, -0.15) is 0 Å². The minimum absolute atomic E-state index is 0.0847. The molecule has 0 radical (unpaired) electrons. The molecular weight excluding hydrogens is 260 g/mol. The van der Waals surface area contributed by atoms with Gasteiger partial charge in [0.2, 0.25) is 0 Å². The summed E-state index contributed by atoms with van der Waals surface area (Å²) in [6.07, 6.45) is 1.04. The second kappa shape index (κ2) is 5.87. The van der Waals surface area contributed by atoms with E-state index >= 15 is 0 Å². The zero-order valence-corrected chi connectivity index (χ0v) is 11.3. The lowest BCUT2D eigenvalue weighted by Crippen LogP contribution is -2.31.